The maximum atomic E-state index is 12.2. The zero-order chi connectivity index (χ0) is 16.8. The largest absolute Gasteiger partial charge is 0.379 e. The average Bonchev–Trinajstić information content (AvgIpc) is 2.60. The maximum absolute atomic E-state index is 12.2. The second-order valence-electron chi connectivity index (χ2n) is 6.22. The van der Waals surface area contributed by atoms with Gasteiger partial charge < -0.3 is 10.1 Å². The minimum absolute atomic E-state index is 0.0521. The Bertz CT molecular complexity index is 715. The summed E-state index contributed by atoms with van der Waals surface area (Å²) in [6.07, 6.45) is 3.51. The number of ether oxygens (including phenoxy) is 1. The van der Waals surface area contributed by atoms with E-state index in [0.717, 1.165) is 43.8 Å². The summed E-state index contributed by atoms with van der Waals surface area (Å²) in [5.74, 6) is -0.0521. The van der Waals surface area contributed by atoms with Gasteiger partial charge in [0.25, 0.3) is 0 Å². The number of fused-ring (bicyclic) bond motifs is 1. The fourth-order valence-electron chi connectivity index (χ4n) is 3.07. The predicted octanol–water partition coefficient (Wildman–Crippen LogP) is 2.69. The lowest BCUT2D eigenvalue weighted by atomic mass is 10.0. The molecule has 2 aromatic rings. The summed E-state index contributed by atoms with van der Waals surface area (Å²) in [4.78, 5) is 14.5. The van der Waals surface area contributed by atoms with Crippen molar-refractivity contribution in [3.05, 3.63) is 54.1 Å². The number of carbonyl (C=O) groups excluding carboxylic acids is 1. The van der Waals surface area contributed by atoms with Gasteiger partial charge >= 0.3 is 0 Å². The molecule has 4 nitrogen and oxygen atoms in total. The highest BCUT2D eigenvalue weighted by molar-refractivity contribution is 5.96. The van der Waals surface area contributed by atoms with Crippen LogP contribution in [0.1, 0.15) is 12.5 Å². The first-order valence-electron chi connectivity index (χ1n) is 8.49. The summed E-state index contributed by atoms with van der Waals surface area (Å²) < 4.78 is 5.34. The van der Waals surface area contributed by atoms with Crippen molar-refractivity contribution in [2.45, 2.75) is 13.0 Å². The number of nitrogens with zero attached hydrogens (tertiary/aromatic N) is 1. The third kappa shape index (κ3) is 4.43. The van der Waals surface area contributed by atoms with Gasteiger partial charge in [-0.05, 0) is 29.3 Å². The van der Waals surface area contributed by atoms with Crippen molar-refractivity contribution in [1.29, 1.82) is 0 Å². The Morgan fingerprint density at radius 2 is 1.96 bits per heavy atom. The summed E-state index contributed by atoms with van der Waals surface area (Å²) in [7, 11) is 0. The SMILES string of the molecule is C[C@H](CN1CCOCC1)NC(=O)/C=C/c1cccc2ccccc12. The topological polar surface area (TPSA) is 41.6 Å². The van der Waals surface area contributed by atoms with Crippen LogP contribution in [0.5, 0.6) is 0 Å². The smallest absolute Gasteiger partial charge is 0.244 e. The van der Waals surface area contributed by atoms with Crippen molar-refractivity contribution in [1.82, 2.24) is 10.2 Å². The van der Waals surface area contributed by atoms with Crippen molar-refractivity contribution in [3.63, 3.8) is 0 Å². The molecule has 1 aliphatic heterocycles. The molecule has 1 saturated heterocycles. The van der Waals surface area contributed by atoms with Crippen LogP contribution in [-0.2, 0) is 9.53 Å². The van der Waals surface area contributed by atoms with E-state index in [0.29, 0.717) is 0 Å². The second kappa shape index (κ2) is 8.08. The van der Waals surface area contributed by atoms with Gasteiger partial charge in [-0.25, -0.2) is 0 Å². The van der Waals surface area contributed by atoms with E-state index >= 15 is 0 Å². The molecule has 4 heteroatoms. The third-order valence-electron chi connectivity index (χ3n) is 4.26. The molecule has 0 aromatic heterocycles. The Kier molecular flexibility index (Phi) is 5.62. The number of hydrogen-bond donors (Lipinski definition) is 1. The second-order valence-corrected chi connectivity index (χ2v) is 6.22. The molecule has 1 N–H and O–H groups in total. The van der Waals surface area contributed by atoms with Gasteiger partial charge in [0.15, 0.2) is 0 Å². The average molecular weight is 324 g/mol. The molecule has 0 aliphatic carbocycles. The molecule has 0 bridgehead atoms. The molecule has 1 atom stereocenters. The van der Waals surface area contributed by atoms with Crippen LogP contribution in [0.2, 0.25) is 0 Å². The molecule has 3 rings (SSSR count). The minimum atomic E-state index is -0.0521. The highest BCUT2D eigenvalue weighted by atomic mass is 16.5. The summed E-state index contributed by atoms with van der Waals surface area (Å²) in [5.41, 5.74) is 1.06. The summed E-state index contributed by atoms with van der Waals surface area (Å²) in [6, 6.07) is 14.4. The summed E-state index contributed by atoms with van der Waals surface area (Å²) in [5, 5.41) is 5.38. The Balaban J connectivity index is 1.58. The molecule has 126 valence electrons. The molecule has 1 fully saturated rings. The molecule has 0 radical (unpaired) electrons. The highest BCUT2D eigenvalue weighted by Gasteiger charge is 2.14. The van der Waals surface area contributed by atoms with Crippen LogP contribution >= 0.6 is 0 Å². The zero-order valence-electron chi connectivity index (χ0n) is 14.1. The lowest BCUT2D eigenvalue weighted by Crippen LogP contribution is -2.45. The van der Waals surface area contributed by atoms with E-state index in [1.165, 1.54) is 5.39 Å². The van der Waals surface area contributed by atoms with Gasteiger partial charge in [-0.1, -0.05) is 42.5 Å². The quantitative estimate of drug-likeness (QED) is 0.860. The molecule has 1 heterocycles. The minimum Gasteiger partial charge on any atom is -0.379 e. The van der Waals surface area contributed by atoms with E-state index in [-0.39, 0.29) is 11.9 Å². The number of rotatable bonds is 5. The third-order valence-corrected chi connectivity index (χ3v) is 4.26. The van der Waals surface area contributed by atoms with Crippen LogP contribution in [0.3, 0.4) is 0 Å². The Labute approximate surface area is 143 Å². The number of carbonyl (C=O) groups is 1. The van der Waals surface area contributed by atoms with Gasteiger partial charge in [0, 0.05) is 31.8 Å². The Hall–Kier alpha value is -2.17. The van der Waals surface area contributed by atoms with Crippen molar-refractivity contribution in [2.75, 3.05) is 32.8 Å². The fraction of sp³-hybridized carbons (Fsp3) is 0.350. The molecule has 2 aromatic carbocycles. The van der Waals surface area contributed by atoms with Crippen LogP contribution in [-0.4, -0.2) is 49.7 Å². The van der Waals surface area contributed by atoms with E-state index < -0.39 is 0 Å². The maximum Gasteiger partial charge on any atom is 0.244 e. The molecular formula is C20H24N2O2. The van der Waals surface area contributed by atoms with Gasteiger partial charge in [0.05, 0.1) is 13.2 Å². The number of hydrogen-bond acceptors (Lipinski definition) is 3. The van der Waals surface area contributed by atoms with Gasteiger partial charge in [-0.3, -0.25) is 9.69 Å². The van der Waals surface area contributed by atoms with E-state index in [4.69, 9.17) is 4.74 Å². The van der Waals surface area contributed by atoms with Crippen LogP contribution < -0.4 is 5.32 Å². The monoisotopic (exact) mass is 324 g/mol. The molecule has 1 aliphatic rings. The first-order valence-corrected chi connectivity index (χ1v) is 8.49. The first-order chi connectivity index (χ1) is 11.7. The van der Waals surface area contributed by atoms with Crippen LogP contribution in [0, 0.1) is 0 Å². The predicted molar refractivity (Wildman–Crippen MR) is 97.8 cm³/mol. The van der Waals surface area contributed by atoms with Crippen molar-refractivity contribution >= 4 is 22.8 Å². The van der Waals surface area contributed by atoms with Crippen molar-refractivity contribution < 1.29 is 9.53 Å². The molecule has 0 unspecified atom stereocenters. The van der Waals surface area contributed by atoms with Crippen LogP contribution in [0.15, 0.2) is 48.5 Å². The van der Waals surface area contributed by atoms with E-state index in [9.17, 15) is 4.79 Å². The summed E-state index contributed by atoms with van der Waals surface area (Å²) >= 11 is 0. The fourth-order valence-corrected chi connectivity index (χ4v) is 3.07. The number of morpholine rings is 1. The molecule has 0 spiro atoms. The number of amides is 1. The van der Waals surface area contributed by atoms with Crippen molar-refractivity contribution in [2.24, 2.45) is 0 Å². The van der Waals surface area contributed by atoms with Gasteiger partial charge in [-0.15, -0.1) is 0 Å². The molecule has 1 amide bonds. The van der Waals surface area contributed by atoms with Gasteiger partial charge in [0.1, 0.15) is 0 Å². The van der Waals surface area contributed by atoms with Crippen LogP contribution in [0.25, 0.3) is 16.8 Å². The molecular weight excluding hydrogens is 300 g/mol. The van der Waals surface area contributed by atoms with E-state index in [2.05, 4.69) is 28.4 Å². The normalized spacial score (nSPS) is 17.2. The lowest BCUT2D eigenvalue weighted by Gasteiger charge is -2.29. The molecule has 0 saturated carbocycles. The number of nitrogens with one attached hydrogen (secondary N) is 1. The van der Waals surface area contributed by atoms with Crippen molar-refractivity contribution in [3.8, 4) is 0 Å². The first kappa shape index (κ1) is 16.7. The Morgan fingerprint density at radius 1 is 1.21 bits per heavy atom. The van der Waals surface area contributed by atoms with E-state index in [1.807, 2.05) is 37.3 Å². The standard InChI is InChI=1S/C20H24N2O2/c1-16(15-22-11-13-24-14-12-22)21-20(23)10-9-18-7-4-6-17-5-2-3-8-19(17)18/h2-10,16H,11-15H2,1H3,(H,21,23)/b10-9+/t16-/m1/s1. The van der Waals surface area contributed by atoms with Gasteiger partial charge in [-0.2, -0.15) is 0 Å². The summed E-state index contributed by atoms with van der Waals surface area (Å²) in [6.45, 7) is 6.33. The molecule has 24 heavy (non-hydrogen) atoms. The van der Waals surface area contributed by atoms with Crippen LogP contribution in [0.4, 0.5) is 0 Å². The zero-order valence-corrected chi connectivity index (χ0v) is 14.1. The number of benzene rings is 2. The van der Waals surface area contributed by atoms with Gasteiger partial charge in [0.2, 0.25) is 5.91 Å². The Morgan fingerprint density at radius 3 is 2.79 bits per heavy atom. The van der Waals surface area contributed by atoms with E-state index in [1.54, 1.807) is 6.08 Å². The highest BCUT2D eigenvalue weighted by Crippen LogP contribution is 2.19. The lowest BCUT2D eigenvalue weighted by molar-refractivity contribution is -0.117.